The minimum atomic E-state index is -2.39. The van der Waals surface area contributed by atoms with E-state index in [-0.39, 0.29) is 11.7 Å². The highest BCUT2D eigenvalue weighted by molar-refractivity contribution is 7.92. The summed E-state index contributed by atoms with van der Waals surface area (Å²) in [6.45, 7) is 0. The number of nitrogens with one attached hydrogen (secondary N) is 1. The number of hydrogen-bond acceptors (Lipinski definition) is 7. The van der Waals surface area contributed by atoms with Gasteiger partial charge in [0.1, 0.15) is 5.82 Å². The Morgan fingerprint density at radius 1 is 1.12 bits per heavy atom. The van der Waals surface area contributed by atoms with Gasteiger partial charge in [0.2, 0.25) is 5.95 Å². The third-order valence-corrected chi connectivity index (χ3v) is 6.18. The molecule has 1 saturated carbocycles. The van der Waals surface area contributed by atoms with E-state index < -0.39 is 9.73 Å². The van der Waals surface area contributed by atoms with Crippen molar-refractivity contribution in [3.8, 4) is 5.82 Å². The standard InChI is InChI=1S/C24H26FN7OS/c1-31(2)17-12-10-16(11-13-17)27-24-26-14-18-21(25)22(15-8-9-15)32(23(18)29-24)20-7-5-6-19(28-20)30-34(3,4)33/h5-7,10-15H,8-9H2,1-4H3,(H,26,27,29). The van der Waals surface area contributed by atoms with Gasteiger partial charge < -0.3 is 10.2 Å². The molecule has 176 valence electrons. The number of anilines is 3. The van der Waals surface area contributed by atoms with E-state index in [9.17, 15) is 4.21 Å². The minimum absolute atomic E-state index is 0.105. The van der Waals surface area contributed by atoms with Crippen LogP contribution in [0.4, 0.5) is 27.5 Å². The molecule has 0 atom stereocenters. The first kappa shape index (κ1) is 22.3. The van der Waals surface area contributed by atoms with Crippen molar-refractivity contribution in [2.45, 2.75) is 18.8 Å². The van der Waals surface area contributed by atoms with Gasteiger partial charge in [-0.1, -0.05) is 6.07 Å². The van der Waals surface area contributed by atoms with Crippen molar-refractivity contribution >= 4 is 43.9 Å². The zero-order valence-corrected chi connectivity index (χ0v) is 20.3. The van der Waals surface area contributed by atoms with Gasteiger partial charge in [-0.3, -0.25) is 4.57 Å². The van der Waals surface area contributed by atoms with Crippen LogP contribution in [0.5, 0.6) is 0 Å². The highest BCUT2D eigenvalue weighted by Crippen LogP contribution is 2.45. The molecule has 0 spiro atoms. The van der Waals surface area contributed by atoms with Gasteiger partial charge in [0, 0.05) is 59.8 Å². The summed E-state index contributed by atoms with van der Waals surface area (Å²) in [5.41, 5.74) is 2.88. The average Bonchev–Trinajstić information content (AvgIpc) is 3.57. The number of aromatic nitrogens is 4. The second-order valence-electron chi connectivity index (χ2n) is 8.93. The highest BCUT2D eigenvalue weighted by Gasteiger charge is 2.34. The van der Waals surface area contributed by atoms with Crippen LogP contribution < -0.4 is 10.2 Å². The lowest BCUT2D eigenvalue weighted by Crippen LogP contribution is -2.08. The Balaban J connectivity index is 1.61. The summed E-state index contributed by atoms with van der Waals surface area (Å²) < 4.78 is 33.6. The summed E-state index contributed by atoms with van der Waals surface area (Å²) in [6, 6.07) is 13.1. The first-order valence-electron chi connectivity index (χ1n) is 11.0. The highest BCUT2D eigenvalue weighted by atomic mass is 32.2. The largest absolute Gasteiger partial charge is 0.378 e. The molecule has 4 aromatic rings. The third kappa shape index (κ3) is 4.45. The van der Waals surface area contributed by atoms with Gasteiger partial charge in [0.05, 0.1) is 11.1 Å². The van der Waals surface area contributed by atoms with Crippen molar-refractivity contribution in [2.24, 2.45) is 4.36 Å². The second kappa shape index (κ2) is 8.35. The van der Waals surface area contributed by atoms with Gasteiger partial charge in [-0.2, -0.15) is 9.35 Å². The molecule has 0 saturated heterocycles. The zero-order valence-electron chi connectivity index (χ0n) is 19.5. The number of halogens is 1. The Labute approximate surface area is 198 Å². The van der Waals surface area contributed by atoms with Crippen molar-refractivity contribution in [3.05, 3.63) is 60.2 Å². The predicted molar refractivity (Wildman–Crippen MR) is 135 cm³/mol. The van der Waals surface area contributed by atoms with Crippen molar-refractivity contribution in [3.63, 3.8) is 0 Å². The maximum absolute atomic E-state index is 15.5. The van der Waals surface area contributed by atoms with Crippen LogP contribution in [0.25, 0.3) is 16.9 Å². The van der Waals surface area contributed by atoms with E-state index in [1.807, 2.05) is 43.3 Å². The molecular weight excluding hydrogens is 453 g/mol. The molecule has 1 aliphatic carbocycles. The molecule has 0 unspecified atom stereocenters. The SMILES string of the molecule is CN(C)c1ccc(Nc2ncc3c(F)c(C4CC4)n(-c4cccc(N=S(C)(C)=O)n4)c3n2)cc1. The second-order valence-corrected chi connectivity index (χ2v) is 11.5. The Morgan fingerprint density at radius 3 is 2.50 bits per heavy atom. The summed E-state index contributed by atoms with van der Waals surface area (Å²) in [4.78, 5) is 15.6. The molecule has 8 nitrogen and oxygen atoms in total. The van der Waals surface area contributed by atoms with E-state index in [4.69, 9.17) is 0 Å². The quantitative estimate of drug-likeness (QED) is 0.419. The number of nitrogens with zero attached hydrogens (tertiary/aromatic N) is 6. The Morgan fingerprint density at radius 2 is 1.85 bits per heavy atom. The first-order chi connectivity index (χ1) is 16.2. The number of pyridine rings is 1. The van der Waals surface area contributed by atoms with Crippen LogP contribution in [0, 0.1) is 5.82 Å². The van der Waals surface area contributed by atoms with Gasteiger partial charge in [-0.25, -0.2) is 18.6 Å². The van der Waals surface area contributed by atoms with Crippen LogP contribution in [0.3, 0.4) is 0 Å². The summed E-state index contributed by atoms with van der Waals surface area (Å²) in [7, 11) is 1.58. The van der Waals surface area contributed by atoms with E-state index in [1.54, 1.807) is 35.3 Å². The summed E-state index contributed by atoms with van der Waals surface area (Å²) in [6.07, 6.45) is 6.43. The van der Waals surface area contributed by atoms with Crippen LogP contribution in [0.1, 0.15) is 24.5 Å². The number of benzene rings is 1. The Kier molecular flexibility index (Phi) is 5.47. The van der Waals surface area contributed by atoms with Gasteiger partial charge >= 0.3 is 0 Å². The lowest BCUT2D eigenvalue weighted by molar-refractivity contribution is 0.613. The molecule has 0 bridgehead atoms. The molecule has 1 fully saturated rings. The van der Waals surface area contributed by atoms with Crippen LogP contribution >= 0.6 is 0 Å². The molecule has 34 heavy (non-hydrogen) atoms. The summed E-state index contributed by atoms with van der Waals surface area (Å²) in [5.74, 6) is 0.967. The Bertz CT molecular complexity index is 1490. The lowest BCUT2D eigenvalue weighted by Gasteiger charge is -2.13. The topological polar surface area (TPSA) is 88.3 Å². The monoisotopic (exact) mass is 479 g/mol. The minimum Gasteiger partial charge on any atom is -0.378 e. The zero-order chi connectivity index (χ0) is 24.0. The molecule has 5 rings (SSSR count). The molecule has 1 N–H and O–H groups in total. The molecule has 1 aromatic carbocycles. The maximum Gasteiger partial charge on any atom is 0.229 e. The molecule has 10 heteroatoms. The van der Waals surface area contributed by atoms with Gasteiger partial charge in [-0.05, 0) is 49.2 Å². The number of fused-ring (bicyclic) bond motifs is 1. The van der Waals surface area contributed by atoms with Crippen LogP contribution in [0.15, 0.2) is 53.0 Å². The van der Waals surface area contributed by atoms with Gasteiger partial charge in [0.25, 0.3) is 0 Å². The first-order valence-corrected chi connectivity index (χ1v) is 13.3. The average molecular weight is 480 g/mol. The van der Waals surface area contributed by atoms with Crippen LogP contribution in [-0.4, -0.2) is 50.3 Å². The summed E-state index contributed by atoms with van der Waals surface area (Å²) in [5, 5.41) is 3.55. The molecule has 1 aliphatic rings. The molecule has 3 aromatic heterocycles. The third-order valence-electron chi connectivity index (χ3n) is 5.55. The molecule has 0 amide bonds. The van der Waals surface area contributed by atoms with E-state index in [0.29, 0.717) is 34.3 Å². The predicted octanol–water partition coefficient (Wildman–Crippen LogP) is 5.00. The fraction of sp³-hybridized carbons (Fsp3) is 0.292. The van der Waals surface area contributed by atoms with Gasteiger partial charge in [-0.15, -0.1) is 0 Å². The van der Waals surface area contributed by atoms with Crippen LogP contribution in [0.2, 0.25) is 0 Å². The Hall–Kier alpha value is -3.53. The number of rotatable bonds is 6. The fourth-order valence-corrected chi connectivity index (χ4v) is 4.40. The van der Waals surface area contributed by atoms with E-state index in [2.05, 4.69) is 24.6 Å². The van der Waals surface area contributed by atoms with E-state index in [0.717, 1.165) is 24.2 Å². The van der Waals surface area contributed by atoms with Gasteiger partial charge in [0.15, 0.2) is 17.3 Å². The van der Waals surface area contributed by atoms with Crippen LogP contribution in [-0.2, 0) is 9.73 Å². The maximum atomic E-state index is 15.5. The van der Waals surface area contributed by atoms with Crippen molar-refractivity contribution in [2.75, 3.05) is 36.8 Å². The lowest BCUT2D eigenvalue weighted by atomic mass is 10.2. The molecular formula is C24H26FN7OS. The molecule has 3 heterocycles. The fourth-order valence-electron chi connectivity index (χ4n) is 3.84. The molecule has 0 radical (unpaired) electrons. The number of hydrogen-bond donors (Lipinski definition) is 1. The molecule has 0 aliphatic heterocycles. The van der Waals surface area contributed by atoms with Crippen molar-refractivity contribution < 1.29 is 8.60 Å². The van der Waals surface area contributed by atoms with Crippen molar-refractivity contribution in [1.82, 2.24) is 19.5 Å². The summed E-state index contributed by atoms with van der Waals surface area (Å²) >= 11 is 0. The van der Waals surface area contributed by atoms with Crippen molar-refractivity contribution in [1.29, 1.82) is 0 Å². The van der Waals surface area contributed by atoms with E-state index >= 15 is 4.39 Å². The normalized spacial score (nSPS) is 13.8. The smallest absolute Gasteiger partial charge is 0.229 e. The van der Waals surface area contributed by atoms with E-state index in [1.165, 1.54) is 6.20 Å².